The molecule has 2 aromatic carbocycles. The Morgan fingerprint density at radius 3 is 2.41 bits per heavy atom. The maximum absolute atomic E-state index is 12.6. The van der Waals surface area contributed by atoms with Gasteiger partial charge in [-0.3, -0.25) is 4.79 Å². The van der Waals surface area contributed by atoms with Gasteiger partial charge in [0.15, 0.2) is 0 Å². The van der Waals surface area contributed by atoms with Crippen LogP contribution in [0.15, 0.2) is 42.5 Å². The van der Waals surface area contributed by atoms with E-state index in [9.17, 15) is 4.79 Å². The second-order valence-electron chi connectivity index (χ2n) is 8.45. The van der Waals surface area contributed by atoms with E-state index in [2.05, 4.69) is 39.1 Å². The quantitative estimate of drug-likeness (QED) is 0.575. The first-order chi connectivity index (χ1) is 13.8. The summed E-state index contributed by atoms with van der Waals surface area (Å²) >= 11 is 0. The highest BCUT2D eigenvalue weighted by Crippen LogP contribution is 2.32. The molecule has 1 atom stereocenters. The standard InChI is InChI=1S/C25H35NO3/c1-7-11-18(3)26-24(27)19-14-15-22(28-8-2)20(16-19)17-29-23-13-10-9-12-21(23)25(4,5)6/h9-10,12-16,18H,7-8,11,17H2,1-6H3,(H,26,27)/t18-/m1/s1. The van der Waals surface area contributed by atoms with Crippen LogP contribution in [-0.4, -0.2) is 18.6 Å². The van der Waals surface area contributed by atoms with E-state index < -0.39 is 0 Å². The summed E-state index contributed by atoms with van der Waals surface area (Å²) in [5.41, 5.74) is 2.63. The summed E-state index contributed by atoms with van der Waals surface area (Å²) in [5.74, 6) is 1.54. The minimum Gasteiger partial charge on any atom is -0.493 e. The van der Waals surface area contributed by atoms with Gasteiger partial charge in [0, 0.05) is 17.2 Å². The van der Waals surface area contributed by atoms with Crippen LogP contribution in [0.2, 0.25) is 0 Å². The fraction of sp³-hybridized carbons (Fsp3) is 0.480. The lowest BCUT2D eigenvalue weighted by atomic mass is 9.86. The normalized spacial score (nSPS) is 12.3. The second-order valence-corrected chi connectivity index (χ2v) is 8.45. The molecule has 0 aliphatic rings. The van der Waals surface area contributed by atoms with Crippen molar-refractivity contribution in [2.75, 3.05) is 6.61 Å². The highest BCUT2D eigenvalue weighted by molar-refractivity contribution is 5.94. The molecular formula is C25H35NO3. The Kier molecular flexibility index (Phi) is 8.12. The molecule has 0 bridgehead atoms. The molecule has 0 fully saturated rings. The summed E-state index contributed by atoms with van der Waals surface area (Å²) in [6.45, 7) is 13.5. The van der Waals surface area contributed by atoms with Crippen molar-refractivity contribution in [3.8, 4) is 11.5 Å². The summed E-state index contributed by atoms with van der Waals surface area (Å²) in [4.78, 5) is 12.6. The van der Waals surface area contributed by atoms with E-state index in [0.717, 1.165) is 35.5 Å². The Balaban J connectivity index is 2.24. The van der Waals surface area contributed by atoms with E-state index in [1.165, 1.54) is 0 Å². The van der Waals surface area contributed by atoms with Crippen molar-refractivity contribution < 1.29 is 14.3 Å². The van der Waals surface area contributed by atoms with Gasteiger partial charge < -0.3 is 14.8 Å². The number of carbonyl (C=O) groups excluding carboxylic acids is 1. The van der Waals surface area contributed by atoms with E-state index in [1.807, 2.05) is 50.2 Å². The molecule has 4 heteroatoms. The SMILES string of the molecule is CCC[C@@H](C)NC(=O)c1ccc(OCC)c(COc2ccccc2C(C)(C)C)c1. The molecule has 0 aliphatic carbocycles. The molecule has 158 valence electrons. The van der Waals surface area contributed by atoms with Crippen molar-refractivity contribution in [2.45, 2.75) is 72.4 Å². The number of carbonyl (C=O) groups is 1. The Morgan fingerprint density at radius 2 is 1.76 bits per heavy atom. The molecule has 0 aromatic heterocycles. The molecule has 0 spiro atoms. The van der Waals surface area contributed by atoms with Crippen LogP contribution in [0.25, 0.3) is 0 Å². The molecule has 2 aromatic rings. The van der Waals surface area contributed by atoms with Crippen molar-refractivity contribution in [1.29, 1.82) is 0 Å². The van der Waals surface area contributed by atoms with E-state index in [1.54, 1.807) is 0 Å². The first-order valence-electron chi connectivity index (χ1n) is 10.5. The Morgan fingerprint density at radius 1 is 1.03 bits per heavy atom. The van der Waals surface area contributed by atoms with Crippen molar-refractivity contribution in [1.82, 2.24) is 5.32 Å². The lowest BCUT2D eigenvalue weighted by Crippen LogP contribution is -2.32. The lowest BCUT2D eigenvalue weighted by molar-refractivity contribution is 0.0938. The van der Waals surface area contributed by atoms with Crippen molar-refractivity contribution in [2.24, 2.45) is 0 Å². The van der Waals surface area contributed by atoms with Crippen LogP contribution in [-0.2, 0) is 12.0 Å². The second kappa shape index (κ2) is 10.3. The maximum atomic E-state index is 12.6. The van der Waals surface area contributed by atoms with Crippen LogP contribution in [0.1, 0.15) is 75.9 Å². The van der Waals surface area contributed by atoms with Crippen molar-refractivity contribution in [3.05, 3.63) is 59.2 Å². The summed E-state index contributed by atoms with van der Waals surface area (Å²) < 4.78 is 11.9. The van der Waals surface area contributed by atoms with Gasteiger partial charge in [-0.1, -0.05) is 52.3 Å². The number of amides is 1. The summed E-state index contributed by atoms with van der Waals surface area (Å²) in [7, 11) is 0. The number of hydrogen-bond donors (Lipinski definition) is 1. The summed E-state index contributed by atoms with van der Waals surface area (Å²) in [6.07, 6.45) is 2.00. The minimum atomic E-state index is -0.0645. The number of rotatable bonds is 9. The van der Waals surface area contributed by atoms with Gasteiger partial charge in [0.25, 0.3) is 5.91 Å². The molecule has 1 amide bonds. The highest BCUT2D eigenvalue weighted by Gasteiger charge is 2.19. The molecule has 0 unspecified atom stereocenters. The van der Waals surface area contributed by atoms with Crippen LogP contribution in [0.3, 0.4) is 0 Å². The summed E-state index contributed by atoms with van der Waals surface area (Å²) in [5, 5.41) is 3.06. The largest absolute Gasteiger partial charge is 0.493 e. The van der Waals surface area contributed by atoms with Gasteiger partial charge >= 0.3 is 0 Å². The van der Waals surface area contributed by atoms with E-state index >= 15 is 0 Å². The van der Waals surface area contributed by atoms with Crippen LogP contribution in [0.5, 0.6) is 11.5 Å². The first-order valence-corrected chi connectivity index (χ1v) is 10.5. The number of benzene rings is 2. The van der Waals surface area contributed by atoms with Crippen LogP contribution in [0.4, 0.5) is 0 Å². The zero-order valence-electron chi connectivity index (χ0n) is 18.7. The van der Waals surface area contributed by atoms with Gasteiger partial charge in [-0.25, -0.2) is 0 Å². The smallest absolute Gasteiger partial charge is 0.251 e. The third-order valence-corrected chi connectivity index (χ3v) is 4.80. The Labute approximate surface area is 175 Å². The zero-order chi connectivity index (χ0) is 21.4. The zero-order valence-corrected chi connectivity index (χ0v) is 18.7. The minimum absolute atomic E-state index is 0.0174. The van der Waals surface area contributed by atoms with E-state index in [0.29, 0.717) is 18.8 Å². The lowest BCUT2D eigenvalue weighted by Gasteiger charge is -2.23. The topological polar surface area (TPSA) is 47.6 Å². The van der Waals surface area contributed by atoms with Crippen LogP contribution >= 0.6 is 0 Å². The third-order valence-electron chi connectivity index (χ3n) is 4.80. The maximum Gasteiger partial charge on any atom is 0.251 e. The monoisotopic (exact) mass is 397 g/mol. The molecule has 0 aliphatic heterocycles. The van der Waals surface area contributed by atoms with Gasteiger partial charge in [-0.05, 0) is 55.5 Å². The number of ether oxygens (including phenoxy) is 2. The van der Waals surface area contributed by atoms with E-state index in [-0.39, 0.29) is 17.4 Å². The van der Waals surface area contributed by atoms with Crippen molar-refractivity contribution in [3.63, 3.8) is 0 Å². The first kappa shape index (κ1) is 22.8. The molecule has 0 radical (unpaired) electrons. The molecule has 4 nitrogen and oxygen atoms in total. The molecule has 29 heavy (non-hydrogen) atoms. The molecule has 1 N–H and O–H groups in total. The predicted molar refractivity (Wildman–Crippen MR) is 119 cm³/mol. The number of hydrogen-bond acceptors (Lipinski definition) is 3. The van der Waals surface area contributed by atoms with Gasteiger partial charge in [0.2, 0.25) is 0 Å². The average molecular weight is 398 g/mol. The van der Waals surface area contributed by atoms with Gasteiger partial charge in [-0.2, -0.15) is 0 Å². The number of nitrogens with one attached hydrogen (secondary N) is 1. The van der Waals surface area contributed by atoms with E-state index in [4.69, 9.17) is 9.47 Å². The molecule has 2 rings (SSSR count). The third kappa shape index (κ3) is 6.52. The highest BCUT2D eigenvalue weighted by atomic mass is 16.5. The Bertz CT molecular complexity index is 808. The fourth-order valence-corrected chi connectivity index (χ4v) is 3.31. The summed E-state index contributed by atoms with van der Waals surface area (Å²) in [6, 6.07) is 13.8. The van der Waals surface area contributed by atoms with Crippen molar-refractivity contribution >= 4 is 5.91 Å². The van der Waals surface area contributed by atoms with Crippen LogP contribution in [0, 0.1) is 0 Å². The Hall–Kier alpha value is -2.49. The number of para-hydroxylation sites is 1. The van der Waals surface area contributed by atoms with Gasteiger partial charge in [0.05, 0.1) is 6.61 Å². The van der Waals surface area contributed by atoms with Gasteiger partial charge in [0.1, 0.15) is 18.1 Å². The molecule has 0 saturated carbocycles. The molecule has 0 saturated heterocycles. The predicted octanol–water partition coefficient (Wildman–Crippen LogP) is 5.88. The molecular weight excluding hydrogens is 362 g/mol. The fourth-order valence-electron chi connectivity index (χ4n) is 3.31. The average Bonchev–Trinajstić information content (AvgIpc) is 2.67. The van der Waals surface area contributed by atoms with Crippen LogP contribution < -0.4 is 14.8 Å². The molecule has 0 heterocycles. The van der Waals surface area contributed by atoms with Gasteiger partial charge in [-0.15, -0.1) is 0 Å².